The molecule has 0 aromatic carbocycles. The topological polar surface area (TPSA) is 94.5 Å². The number of nitrogens with zero attached hydrogens (tertiary/aromatic N) is 3. The number of carbonyl (C=O) groups excluding carboxylic acids is 1. The summed E-state index contributed by atoms with van der Waals surface area (Å²) in [6, 6.07) is 0.0824. The third-order valence-electron chi connectivity index (χ3n) is 5.81. The Morgan fingerprint density at radius 2 is 2.28 bits per heavy atom. The number of amides is 1. The molecular formula is C21H30ClN5O2. The van der Waals surface area contributed by atoms with Crippen molar-refractivity contribution in [2.45, 2.75) is 64.1 Å². The zero-order valence-corrected chi connectivity index (χ0v) is 17.9. The molecule has 0 spiro atoms. The van der Waals surface area contributed by atoms with Crippen LogP contribution in [0.25, 0.3) is 5.57 Å². The van der Waals surface area contributed by atoms with E-state index in [2.05, 4.69) is 22.1 Å². The lowest BCUT2D eigenvalue weighted by Gasteiger charge is -2.25. The monoisotopic (exact) mass is 419 g/mol. The number of halogens is 1. The molecule has 158 valence electrons. The number of hydrogen-bond acceptors (Lipinski definition) is 5. The first kappa shape index (κ1) is 21.7. The van der Waals surface area contributed by atoms with Crippen molar-refractivity contribution in [2.75, 3.05) is 7.11 Å². The lowest BCUT2D eigenvalue weighted by Crippen LogP contribution is -2.37. The van der Waals surface area contributed by atoms with Gasteiger partial charge in [-0.05, 0) is 51.8 Å². The van der Waals surface area contributed by atoms with Crippen LogP contribution < -0.4 is 11.1 Å². The van der Waals surface area contributed by atoms with Gasteiger partial charge in [0.2, 0.25) is 5.91 Å². The van der Waals surface area contributed by atoms with E-state index < -0.39 is 0 Å². The van der Waals surface area contributed by atoms with Gasteiger partial charge in [-0.25, -0.2) is 4.99 Å². The zero-order chi connectivity index (χ0) is 21.0. The Morgan fingerprint density at radius 3 is 2.93 bits per heavy atom. The molecule has 0 bridgehead atoms. The van der Waals surface area contributed by atoms with E-state index in [1.165, 1.54) is 0 Å². The van der Waals surface area contributed by atoms with E-state index in [0.717, 1.165) is 55.5 Å². The van der Waals surface area contributed by atoms with Crippen molar-refractivity contribution in [3.05, 3.63) is 34.4 Å². The lowest BCUT2D eigenvalue weighted by atomic mass is 9.85. The molecule has 1 amide bonds. The van der Waals surface area contributed by atoms with Crippen LogP contribution in [0, 0.1) is 5.92 Å². The highest BCUT2D eigenvalue weighted by molar-refractivity contribution is 6.32. The van der Waals surface area contributed by atoms with Crippen LogP contribution in [-0.2, 0) is 22.5 Å². The number of ether oxygens (including phenoxy) is 1. The second-order valence-corrected chi connectivity index (χ2v) is 8.40. The number of nitrogens with two attached hydrogens (primary N) is 1. The van der Waals surface area contributed by atoms with Gasteiger partial charge >= 0.3 is 0 Å². The van der Waals surface area contributed by atoms with Gasteiger partial charge in [-0.15, -0.1) is 0 Å². The maximum Gasteiger partial charge on any atom is 0.228 e. The van der Waals surface area contributed by atoms with Gasteiger partial charge in [0.05, 0.1) is 18.8 Å². The zero-order valence-electron chi connectivity index (χ0n) is 17.2. The molecule has 3 rings (SSSR count). The molecule has 0 saturated heterocycles. The summed E-state index contributed by atoms with van der Waals surface area (Å²) in [6.07, 6.45) is 9.02. The standard InChI is InChI=1S/C21H30ClN5O2/c1-13(22)17(18-11-25-27-12-16(29-3)7-8-19(18)27)10-20(24-2)26-21(28)14-5-4-6-15(23)9-14/h10-11,14-16H,2,4-9,12,23H2,1,3H3,(H,26,28)/b17-13-,20-10+/t14-,15+,16?/m0/s1. The number of aliphatic imine (C=N–C) groups is 1. The van der Waals surface area contributed by atoms with E-state index in [4.69, 9.17) is 22.1 Å². The minimum absolute atomic E-state index is 0.0645. The number of hydrogen-bond donors (Lipinski definition) is 2. The van der Waals surface area contributed by atoms with Crippen LogP contribution in [-0.4, -0.2) is 41.7 Å². The minimum Gasteiger partial charge on any atom is -0.380 e. The second-order valence-electron chi connectivity index (χ2n) is 7.83. The van der Waals surface area contributed by atoms with Crippen molar-refractivity contribution in [2.24, 2.45) is 16.6 Å². The van der Waals surface area contributed by atoms with Gasteiger partial charge in [-0.2, -0.15) is 5.10 Å². The van der Waals surface area contributed by atoms with Crippen LogP contribution in [0.15, 0.2) is 28.1 Å². The highest BCUT2D eigenvalue weighted by atomic mass is 35.5. The molecular weight excluding hydrogens is 390 g/mol. The highest BCUT2D eigenvalue weighted by Gasteiger charge is 2.26. The summed E-state index contributed by atoms with van der Waals surface area (Å²) < 4.78 is 7.43. The second kappa shape index (κ2) is 9.69. The molecule has 1 aromatic rings. The van der Waals surface area contributed by atoms with Crippen LogP contribution in [0.2, 0.25) is 0 Å². The predicted molar refractivity (Wildman–Crippen MR) is 116 cm³/mol. The Kier molecular flexibility index (Phi) is 7.27. The van der Waals surface area contributed by atoms with E-state index in [1.54, 1.807) is 13.2 Å². The average molecular weight is 420 g/mol. The SMILES string of the molecule is C=N/C(=C\C(=C(/C)Cl)c1cnn2c1CCC(OC)C2)NC(=O)[C@H]1CCC[C@@H](N)C1. The molecule has 0 radical (unpaired) electrons. The molecule has 29 heavy (non-hydrogen) atoms. The Balaban J connectivity index is 1.81. The summed E-state index contributed by atoms with van der Waals surface area (Å²) in [6.45, 7) is 6.15. The van der Waals surface area contributed by atoms with Crippen LogP contribution in [0.4, 0.5) is 0 Å². The molecule has 3 N–H and O–H groups in total. The van der Waals surface area contributed by atoms with E-state index >= 15 is 0 Å². The summed E-state index contributed by atoms with van der Waals surface area (Å²) in [5.41, 5.74) is 8.86. The fraction of sp³-hybridized carbons (Fsp3) is 0.571. The highest BCUT2D eigenvalue weighted by Crippen LogP contribution is 2.30. The van der Waals surface area contributed by atoms with Crippen LogP contribution in [0.3, 0.4) is 0 Å². The quantitative estimate of drug-likeness (QED) is 0.547. The lowest BCUT2D eigenvalue weighted by molar-refractivity contribution is -0.125. The number of carbonyl (C=O) groups is 1. The number of nitrogens with one attached hydrogen (secondary N) is 1. The van der Waals surface area contributed by atoms with Gasteiger partial charge in [0.1, 0.15) is 5.82 Å². The molecule has 1 saturated carbocycles. The fourth-order valence-electron chi connectivity index (χ4n) is 4.15. The Bertz CT molecular complexity index is 825. The maximum atomic E-state index is 12.7. The molecule has 2 heterocycles. The van der Waals surface area contributed by atoms with Crippen molar-refractivity contribution in [3.8, 4) is 0 Å². The predicted octanol–water partition coefficient (Wildman–Crippen LogP) is 2.99. The molecule has 3 atom stereocenters. The Labute approximate surface area is 177 Å². The summed E-state index contributed by atoms with van der Waals surface area (Å²) in [5.74, 6) is 0.225. The summed E-state index contributed by atoms with van der Waals surface area (Å²) in [7, 11) is 1.72. The van der Waals surface area contributed by atoms with Crippen molar-refractivity contribution < 1.29 is 9.53 Å². The minimum atomic E-state index is -0.0942. The largest absolute Gasteiger partial charge is 0.380 e. The van der Waals surface area contributed by atoms with Gasteiger partial charge in [0.25, 0.3) is 0 Å². The molecule has 1 aromatic heterocycles. The molecule has 1 fully saturated rings. The molecule has 1 aliphatic heterocycles. The van der Waals surface area contributed by atoms with Crippen molar-refractivity contribution >= 4 is 29.8 Å². The van der Waals surface area contributed by atoms with Crippen molar-refractivity contribution in [1.29, 1.82) is 0 Å². The third-order valence-corrected chi connectivity index (χ3v) is 6.01. The molecule has 1 unspecified atom stereocenters. The van der Waals surface area contributed by atoms with E-state index in [1.807, 2.05) is 17.8 Å². The van der Waals surface area contributed by atoms with Crippen molar-refractivity contribution in [1.82, 2.24) is 15.1 Å². The van der Waals surface area contributed by atoms with Crippen molar-refractivity contribution in [3.63, 3.8) is 0 Å². The van der Waals surface area contributed by atoms with Gasteiger partial charge in [0.15, 0.2) is 0 Å². The third kappa shape index (κ3) is 5.15. The normalized spacial score (nSPS) is 25.8. The first-order valence-corrected chi connectivity index (χ1v) is 10.5. The summed E-state index contributed by atoms with van der Waals surface area (Å²) in [4.78, 5) is 16.7. The van der Waals surface area contributed by atoms with Gasteiger partial charge < -0.3 is 15.8 Å². The number of methoxy groups -OCH3 is 1. The number of aromatic nitrogens is 2. The first-order chi connectivity index (χ1) is 13.9. The number of fused-ring (bicyclic) bond motifs is 1. The van der Waals surface area contributed by atoms with E-state index in [9.17, 15) is 4.79 Å². The summed E-state index contributed by atoms with van der Waals surface area (Å²) >= 11 is 6.42. The molecule has 1 aliphatic carbocycles. The van der Waals surface area contributed by atoms with Gasteiger partial charge in [-0.3, -0.25) is 9.48 Å². The van der Waals surface area contributed by atoms with Crippen LogP contribution in [0.1, 0.15) is 50.3 Å². The van der Waals surface area contributed by atoms with E-state index in [-0.39, 0.29) is 24.0 Å². The molecule has 8 heteroatoms. The average Bonchev–Trinajstić information content (AvgIpc) is 3.13. The van der Waals surface area contributed by atoms with E-state index in [0.29, 0.717) is 17.3 Å². The fourth-order valence-corrected chi connectivity index (χ4v) is 4.30. The van der Waals surface area contributed by atoms with Gasteiger partial charge in [-0.1, -0.05) is 18.0 Å². The van der Waals surface area contributed by atoms with Crippen LogP contribution in [0.5, 0.6) is 0 Å². The summed E-state index contributed by atoms with van der Waals surface area (Å²) in [5, 5.41) is 8.00. The number of rotatable bonds is 6. The van der Waals surface area contributed by atoms with Gasteiger partial charge in [0, 0.05) is 40.9 Å². The Morgan fingerprint density at radius 1 is 1.48 bits per heavy atom. The number of allylic oxidation sites excluding steroid dienone is 3. The Hall–Kier alpha value is -1.96. The first-order valence-electron chi connectivity index (χ1n) is 10.1. The maximum absolute atomic E-state index is 12.7. The van der Waals surface area contributed by atoms with Crippen LogP contribution >= 0.6 is 11.6 Å². The molecule has 2 aliphatic rings. The smallest absolute Gasteiger partial charge is 0.228 e. The molecule has 7 nitrogen and oxygen atoms in total.